The second kappa shape index (κ2) is 2.67. The Balaban J connectivity index is 2.14. The summed E-state index contributed by atoms with van der Waals surface area (Å²) in [5.41, 5.74) is 0. The van der Waals surface area contributed by atoms with Crippen molar-refractivity contribution in [2.24, 2.45) is 5.16 Å². The standard InChI is InChI=1S/C5H9NO2/c1-6-8-5-2-3-7-4-5/h5H,1-4H2/t5-/m0/s1. The molecule has 3 nitrogen and oxygen atoms in total. The molecule has 0 radical (unpaired) electrons. The van der Waals surface area contributed by atoms with E-state index in [1.807, 2.05) is 0 Å². The van der Waals surface area contributed by atoms with Crippen molar-refractivity contribution in [2.75, 3.05) is 13.2 Å². The molecule has 8 heavy (non-hydrogen) atoms. The van der Waals surface area contributed by atoms with Crippen LogP contribution in [0.4, 0.5) is 0 Å². The Labute approximate surface area is 48.3 Å². The number of rotatable bonds is 2. The fourth-order valence-electron chi connectivity index (χ4n) is 0.701. The molecule has 0 aromatic carbocycles. The van der Waals surface area contributed by atoms with Crippen molar-refractivity contribution in [1.82, 2.24) is 0 Å². The third-order valence-corrected chi connectivity index (χ3v) is 1.11. The highest BCUT2D eigenvalue weighted by molar-refractivity contribution is 5.21. The molecule has 0 saturated carbocycles. The summed E-state index contributed by atoms with van der Waals surface area (Å²) in [6.45, 7) is 4.65. The van der Waals surface area contributed by atoms with Crippen LogP contribution in [0.15, 0.2) is 5.16 Å². The molecule has 0 aromatic rings. The zero-order valence-electron chi connectivity index (χ0n) is 4.67. The smallest absolute Gasteiger partial charge is 0.152 e. The number of oxime groups is 1. The Morgan fingerprint density at radius 3 is 3.12 bits per heavy atom. The summed E-state index contributed by atoms with van der Waals surface area (Å²) >= 11 is 0. The number of ether oxygens (including phenoxy) is 1. The molecule has 1 aliphatic heterocycles. The Kier molecular flexibility index (Phi) is 1.86. The van der Waals surface area contributed by atoms with E-state index in [4.69, 9.17) is 9.57 Å². The molecular formula is C5H9NO2. The molecule has 1 atom stereocenters. The first-order valence-electron chi connectivity index (χ1n) is 2.63. The Morgan fingerprint density at radius 1 is 1.75 bits per heavy atom. The van der Waals surface area contributed by atoms with Gasteiger partial charge >= 0.3 is 0 Å². The maximum Gasteiger partial charge on any atom is 0.152 e. The lowest BCUT2D eigenvalue weighted by molar-refractivity contribution is 0.0492. The fourth-order valence-corrected chi connectivity index (χ4v) is 0.701. The van der Waals surface area contributed by atoms with Gasteiger partial charge in [-0.1, -0.05) is 0 Å². The van der Waals surface area contributed by atoms with E-state index >= 15 is 0 Å². The highest BCUT2D eigenvalue weighted by Crippen LogP contribution is 2.06. The van der Waals surface area contributed by atoms with Crippen molar-refractivity contribution in [3.63, 3.8) is 0 Å². The van der Waals surface area contributed by atoms with E-state index in [2.05, 4.69) is 11.9 Å². The van der Waals surface area contributed by atoms with Crippen LogP contribution in [0.3, 0.4) is 0 Å². The van der Waals surface area contributed by atoms with E-state index in [1.165, 1.54) is 0 Å². The zero-order chi connectivity index (χ0) is 5.82. The van der Waals surface area contributed by atoms with Crippen LogP contribution in [0.2, 0.25) is 0 Å². The minimum absolute atomic E-state index is 0.160. The average Bonchev–Trinajstić information content (AvgIpc) is 2.19. The van der Waals surface area contributed by atoms with Crippen LogP contribution in [-0.4, -0.2) is 26.0 Å². The zero-order valence-corrected chi connectivity index (χ0v) is 4.67. The summed E-state index contributed by atoms with van der Waals surface area (Å²) in [5, 5.41) is 3.29. The van der Waals surface area contributed by atoms with E-state index < -0.39 is 0 Å². The predicted octanol–water partition coefficient (Wildman–Crippen LogP) is 0.407. The van der Waals surface area contributed by atoms with Gasteiger partial charge in [-0.2, -0.15) is 0 Å². The maximum atomic E-state index is 5.00. The van der Waals surface area contributed by atoms with Gasteiger partial charge in [-0.25, -0.2) is 0 Å². The summed E-state index contributed by atoms with van der Waals surface area (Å²) in [5.74, 6) is 0. The first-order valence-corrected chi connectivity index (χ1v) is 2.63. The highest BCUT2D eigenvalue weighted by atomic mass is 16.7. The molecule has 0 unspecified atom stereocenters. The third-order valence-electron chi connectivity index (χ3n) is 1.11. The van der Waals surface area contributed by atoms with Gasteiger partial charge in [-0.05, 0) is 0 Å². The molecule has 0 bridgehead atoms. The molecule has 0 aromatic heterocycles. The number of hydrogen-bond donors (Lipinski definition) is 0. The molecule has 1 rings (SSSR count). The van der Waals surface area contributed by atoms with Gasteiger partial charge in [-0.3, -0.25) is 0 Å². The summed E-state index contributed by atoms with van der Waals surface area (Å²) in [7, 11) is 0. The van der Waals surface area contributed by atoms with Crippen LogP contribution in [0, 0.1) is 0 Å². The van der Waals surface area contributed by atoms with Crippen molar-refractivity contribution in [3.05, 3.63) is 0 Å². The molecule has 1 saturated heterocycles. The molecule has 0 amide bonds. The van der Waals surface area contributed by atoms with Gasteiger partial charge in [0.25, 0.3) is 0 Å². The summed E-state index contributed by atoms with van der Waals surface area (Å²) in [6, 6.07) is 0. The Bertz CT molecular complexity index is 78.5. The third kappa shape index (κ3) is 1.20. The molecule has 0 spiro atoms. The first-order chi connectivity index (χ1) is 3.93. The topological polar surface area (TPSA) is 30.8 Å². The van der Waals surface area contributed by atoms with Crippen molar-refractivity contribution in [1.29, 1.82) is 0 Å². The van der Waals surface area contributed by atoms with Gasteiger partial charge in [0.05, 0.1) is 13.2 Å². The van der Waals surface area contributed by atoms with E-state index in [1.54, 1.807) is 0 Å². The number of hydrogen-bond acceptors (Lipinski definition) is 3. The summed E-state index contributed by atoms with van der Waals surface area (Å²) < 4.78 is 5.00. The normalized spacial score (nSPS) is 27.8. The maximum absolute atomic E-state index is 5.00. The monoisotopic (exact) mass is 115 g/mol. The molecular weight excluding hydrogens is 106 g/mol. The molecule has 1 heterocycles. The van der Waals surface area contributed by atoms with Crippen molar-refractivity contribution in [3.8, 4) is 0 Å². The van der Waals surface area contributed by atoms with Gasteiger partial charge in [0.1, 0.15) is 0 Å². The van der Waals surface area contributed by atoms with Gasteiger partial charge < -0.3 is 9.57 Å². The molecule has 0 N–H and O–H groups in total. The SMILES string of the molecule is C=NO[C@H]1CCOC1. The van der Waals surface area contributed by atoms with Crippen LogP contribution in [0.5, 0.6) is 0 Å². The molecule has 1 aliphatic rings. The second-order valence-electron chi connectivity index (χ2n) is 1.72. The van der Waals surface area contributed by atoms with Gasteiger partial charge in [0.2, 0.25) is 0 Å². The molecule has 1 fully saturated rings. The van der Waals surface area contributed by atoms with E-state index in [0.717, 1.165) is 13.0 Å². The van der Waals surface area contributed by atoms with Crippen LogP contribution in [-0.2, 0) is 9.57 Å². The van der Waals surface area contributed by atoms with Crippen molar-refractivity contribution in [2.45, 2.75) is 12.5 Å². The minimum Gasteiger partial charge on any atom is -0.391 e. The van der Waals surface area contributed by atoms with E-state index in [0.29, 0.717) is 6.61 Å². The summed E-state index contributed by atoms with van der Waals surface area (Å²) in [4.78, 5) is 4.79. The second-order valence-corrected chi connectivity index (χ2v) is 1.72. The highest BCUT2D eigenvalue weighted by Gasteiger charge is 2.15. The predicted molar refractivity (Wildman–Crippen MR) is 29.9 cm³/mol. The van der Waals surface area contributed by atoms with Crippen LogP contribution in [0.1, 0.15) is 6.42 Å². The van der Waals surface area contributed by atoms with Crippen molar-refractivity contribution >= 4 is 6.72 Å². The molecule has 46 valence electrons. The molecule has 3 heteroatoms. The largest absolute Gasteiger partial charge is 0.391 e. The van der Waals surface area contributed by atoms with Gasteiger partial charge in [0.15, 0.2) is 6.10 Å². The summed E-state index contributed by atoms with van der Waals surface area (Å²) in [6.07, 6.45) is 1.10. The van der Waals surface area contributed by atoms with E-state index in [9.17, 15) is 0 Å². The molecule has 0 aliphatic carbocycles. The Morgan fingerprint density at radius 2 is 2.62 bits per heavy atom. The van der Waals surface area contributed by atoms with E-state index in [-0.39, 0.29) is 6.10 Å². The van der Waals surface area contributed by atoms with Gasteiger partial charge in [-0.15, -0.1) is 5.16 Å². The lowest BCUT2D eigenvalue weighted by Gasteiger charge is -2.01. The fraction of sp³-hybridized carbons (Fsp3) is 0.800. The lowest BCUT2D eigenvalue weighted by Crippen LogP contribution is -2.07. The minimum atomic E-state index is 0.160. The quantitative estimate of drug-likeness (QED) is 0.385. The van der Waals surface area contributed by atoms with Crippen LogP contribution < -0.4 is 0 Å². The van der Waals surface area contributed by atoms with Crippen LogP contribution in [0.25, 0.3) is 0 Å². The average molecular weight is 115 g/mol. The first kappa shape index (κ1) is 5.56. The number of nitrogens with zero attached hydrogens (tertiary/aromatic N) is 1. The van der Waals surface area contributed by atoms with Crippen molar-refractivity contribution < 1.29 is 9.57 Å². The Hall–Kier alpha value is -0.570. The van der Waals surface area contributed by atoms with Crippen LogP contribution >= 0.6 is 0 Å². The lowest BCUT2D eigenvalue weighted by atomic mass is 10.3. The van der Waals surface area contributed by atoms with Gasteiger partial charge in [0, 0.05) is 13.1 Å².